The van der Waals surface area contributed by atoms with E-state index in [1.54, 1.807) is 10.9 Å². The number of hydrogen-bond donors (Lipinski definition) is 2. The number of amides is 2. The monoisotopic (exact) mass is 436 g/mol. The van der Waals surface area contributed by atoms with Gasteiger partial charge in [-0.1, -0.05) is 38.4 Å². The van der Waals surface area contributed by atoms with Crippen molar-refractivity contribution in [1.82, 2.24) is 24.9 Å². The summed E-state index contributed by atoms with van der Waals surface area (Å²) in [5, 5.41) is 16.5. The summed E-state index contributed by atoms with van der Waals surface area (Å²) in [6.07, 6.45) is 1.79. The molecule has 0 aliphatic carbocycles. The molecule has 0 spiro atoms. The van der Waals surface area contributed by atoms with E-state index in [1.807, 2.05) is 60.3 Å². The van der Waals surface area contributed by atoms with Crippen LogP contribution in [0.4, 0.5) is 10.5 Å². The summed E-state index contributed by atoms with van der Waals surface area (Å²) >= 11 is 6.18. The molecule has 160 valence electrons. The minimum absolute atomic E-state index is 0.126. The Labute approximate surface area is 186 Å². The molecule has 0 aliphatic heterocycles. The Bertz CT molecular complexity index is 1250. The minimum Gasteiger partial charge on any atom is -0.332 e. The smallest absolute Gasteiger partial charge is 0.319 e. The van der Waals surface area contributed by atoms with Gasteiger partial charge in [-0.3, -0.25) is 4.68 Å². The molecule has 8 heteroatoms. The maximum atomic E-state index is 12.6. The number of anilines is 1. The van der Waals surface area contributed by atoms with Crippen molar-refractivity contribution in [3.8, 4) is 5.69 Å². The molecule has 0 fully saturated rings. The first kappa shape index (κ1) is 20.9. The quantitative estimate of drug-likeness (QED) is 0.471. The molecule has 4 rings (SSSR count). The summed E-state index contributed by atoms with van der Waals surface area (Å²) in [5.41, 5.74) is 4.18. The van der Waals surface area contributed by atoms with Gasteiger partial charge in [-0.15, -0.1) is 0 Å². The van der Waals surface area contributed by atoms with E-state index in [4.69, 9.17) is 16.7 Å². The SMILES string of the molecule is Cn1ncc2ccc(NC(=O)NCc3cc(C(C)(C)C)nn3-c3cccc(Cl)c3)cc21. The Kier molecular flexibility index (Phi) is 5.45. The van der Waals surface area contributed by atoms with Crippen LogP contribution in [0.15, 0.2) is 54.7 Å². The van der Waals surface area contributed by atoms with Crippen LogP contribution in [0.2, 0.25) is 5.02 Å². The Hall–Kier alpha value is -3.32. The summed E-state index contributed by atoms with van der Waals surface area (Å²) in [6, 6.07) is 14.9. The Morgan fingerprint density at radius 1 is 1.13 bits per heavy atom. The number of carbonyl (C=O) groups is 1. The highest BCUT2D eigenvalue weighted by molar-refractivity contribution is 6.30. The zero-order valence-electron chi connectivity index (χ0n) is 18.0. The second-order valence-corrected chi connectivity index (χ2v) is 8.95. The molecule has 2 aromatic carbocycles. The number of fused-ring (bicyclic) bond motifs is 1. The van der Waals surface area contributed by atoms with Crippen LogP contribution >= 0.6 is 11.6 Å². The van der Waals surface area contributed by atoms with Crippen LogP contribution in [0.3, 0.4) is 0 Å². The standard InChI is InChI=1S/C23H25ClN6O/c1-23(2,3)21-12-19(30(28-21)18-7-5-6-16(24)10-18)14-25-22(31)27-17-9-8-15-13-26-29(4)20(15)11-17/h5-13H,14H2,1-4H3,(H2,25,27,31). The number of urea groups is 1. The van der Waals surface area contributed by atoms with E-state index in [1.165, 1.54) is 0 Å². The van der Waals surface area contributed by atoms with E-state index >= 15 is 0 Å². The topological polar surface area (TPSA) is 76.8 Å². The van der Waals surface area contributed by atoms with E-state index in [0.29, 0.717) is 17.3 Å². The van der Waals surface area contributed by atoms with Crippen LogP contribution < -0.4 is 10.6 Å². The van der Waals surface area contributed by atoms with Gasteiger partial charge < -0.3 is 10.6 Å². The summed E-state index contributed by atoms with van der Waals surface area (Å²) in [7, 11) is 1.87. The summed E-state index contributed by atoms with van der Waals surface area (Å²) in [6.45, 7) is 6.64. The first-order chi connectivity index (χ1) is 14.7. The van der Waals surface area contributed by atoms with Gasteiger partial charge in [-0.05, 0) is 42.5 Å². The van der Waals surface area contributed by atoms with Crippen molar-refractivity contribution in [1.29, 1.82) is 0 Å². The zero-order chi connectivity index (χ0) is 22.2. The number of aromatic nitrogens is 4. The van der Waals surface area contributed by atoms with Crippen molar-refractivity contribution >= 4 is 34.2 Å². The van der Waals surface area contributed by atoms with Crippen LogP contribution in [0.1, 0.15) is 32.2 Å². The third-order valence-electron chi connectivity index (χ3n) is 5.04. The lowest BCUT2D eigenvalue weighted by Gasteiger charge is -2.14. The highest BCUT2D eigenvalue weighted by Gasteiger charge is 2.21. The molecule has 0 saturated heterocycles. The van der Waals surface area contributed by atoms with Gasteiger partial charge in [0.1, 0.15) is 0 Å². The molecule has 2 amide bonds. The Balaban J connectivity index is 1.53. The highest BCUT2D eigenvalue weighted by atomic mass is 35.5. The number of carbonyl (C=O) groups excluding carboxylic acids is 1. The van der Waals surface area contributed by atoms with Crippen molar-refractivity contribution in [2.45, 2.75) is 32.7 Å². The summed E-state index contributed by atoms with van der Waals surface area (Å²) in [5.74, 6) is 0. The molecule has 7 nitrogen and oxygen atoms in total. The van der Waals surface area contributed by atoms with Gasteiger partial charge in [0.2, 0.25) is 0 Å². The predicted molar refractivity (Wildman–Crippen MR) is 124 cm³/mol. The number of benzene rings is 2. The van der Waals surface area contributed by atoms with Gasteiger partial charge >= 0.3 is 6.03 Å². The first-order valence-corrected chi connectivity index (χ1v) is 10.4. The van der Waals surface area contributed by atoms with E-state index in [-0.39, 0.29) is 11.4 Å². The van der Waals surface area contributed by atoms with Gasteiger partial charge in [0.05, 0.1) is 35.3 Å². The third-order valence-corrected chi connectivity index (χ3v) is 5.28. The van der Waals surface area contributed by atoms with Crippen molar-refractivity contribution in [3.63, 3.8) is 0 Å². The number of rotatable bonds is 4. The van der Waals surface area contributed by atoms with Gasteiger partial charge in [0.25, 0.3) is 0 Å². The third kappa shape index (κ3) is 4.56. The fourth-order valence-electron chi connectivity index (χ4n) is 3.31. The first-order valence-electron chi connectivity index (χ1n) is 10.0. The van der Waals surface area contributed by atoms with Crippen LogP contribution in [0, 0.1) is 0 Å². The fourth-order valence-corrected chi connectivity index (χ4v) is 3.50. The van der Waals surface area contributed by atoms with E-state index in [9.17, 15) is 4.79 Å². The molecule has 31 heavy (non-hydrogen) atoms. The molecule has 0 radical (unpaired) electrons. The molecule has 0 saturated carbocycles. The molecule has 2 heterocycles. The zero-order valence-corrected chi connectivity index (χ0v) is 18.7. The number of hydrogen-bond acceptors (Lipinski definition) is 3. The van der Waals surface area contributed by atoms with Crippen molar-refractivity contribution < 1.29 is 4.79 Å². The summed E-state index contributed by atoms with van der Waals surface area (Å²) in [4.78, 5) is 12.6. The average Bonchev–Trinajstić information content (AvgIpc) is 3.30. The molecule has 0 atom stereocenters. The minimum atomic E-state index is -0.294. The lowest BCUT2D eigenvalue weighted by molar-refractivity contribution is 0.251. The second-order valence-electron chi connectivity index (χ2n) is 8.51. The normalized spacial score (nSPS) is 11.6. The Morgan fingerprint density at radius 3 is 2.68 bits per heavy atom. The van der Waals surface area contributed by atoms with Crippen molar-refractivity contribution in [3.05, 3.63) is 71.1 Å². The maximum Gasteiger partial charge on any atom is 0.319 e. The van der Waals surface area contributed by atoms with E-state index in [2.05, 4.69) is 36.5 Å². The number of nitrogens with zero attached hydrogens (tertiary/aromatic N) is 4. The summed E-state index contributed by atoms with van der Waals surface area (Å²) < 4.78 is 3.60. The van der Waals surface area contributed by atoms with Gasteiger partial charge in [0, 0.05) is 28.6 Å². The molecule has 0 unspecified atom stereocenters. The van der Waals surface area contributed by atoms with Crippen LogP contribution in [-0.2, 0) is 19.0 Å². The number of aryl methyl sites for hydroxylation is 1. The van der Waals surface area contributed by atoms with Gasteiger partial charge in [-0.2, -0.15) is 10.2 Å². The molecule has 0 aliphatic rings. The fraction of sp³-hybridized carbons (Fsp3) is 0.261. The lowest BCUT2D eigenvalue weighted by Crippen LogP contribution is -2.29. The molecule has 4 aromatic rings. The van der Waals surface area contributed by atoms with Crippen LogP contribution in [-0.4, -0.2) is 25.6 Å². The second kappa shape index (κ2) is 8.07. The van der Waals surface area contributed by atoms with Crippen molar-refractivity contribution in [2.24, 2.45) is 7.05 Å². The van der Waals surface area contributed by atoms with Gasteiger partial charge in [-0.25, -0.2) is 9.48 Å². The van der Waals surface area contributed by atoms with Crippen molar-refractivity contribution in [2.75, 3.05) is 5.32 Å². The average molecular weight is 437 g/mol. The predicted octanol–water partition coefficient (Wildman–Crippen LogP) is 5.03. The molecule has 2 N–H and O–H groups in total. The maximum absolute atomic E-state index is 12.6. The molecular formula is C23H25ClN6O. The van der Waals surface area contributed by atoms with Crippen LogP contribution in [0.5, 0.6) is 0 Å². The number of halogens is 1. The van der Waals surface area contributed by atoms with E-state index < -0.39 is 0 Å². The molecule has 2 aromatic heterocycles. The van der Waals surface area contributed by atoms with Crippen LogP contribution in [0.25, 0.3) is 16.6 Å². The highest BCUT2D eigenvalue weighted by Crippen LogP contribution is 2.25. The molecular weight excluding hydrogens is 412 g/mol. The Morgan fingerprint density at radius 2 is 1.94 bits per heavy atom. The van der Waals surface area contributed by atoms with Gasteiger partial charge in [0.15, 0.2) is 0 Å². The largest absolute Gasteiger partial charge is 0.332 e. The number of nitrogens with one attached hydrogen (secondary N) is 2. The van der Waals surface area contributed by atoms with E-state index in [0.717, 1.165) is 28.0 Å². The molecule has 0 bridgehead atoms. The lowest BCUT2D eigenvalue weighted by atomic mass is 9.92.